The highest BCUT2D eigenvalue weighted by Gasteiger charge is 2.25. The molecular formula is C15H11F2N3. The lowest BCUT2D eigenvalue weighted by atomic mass is 10.2. The van der Waals surface area contributed by atoms with Crippen LogP contribution in [-0.2, 0) is 0 Å². The summed E-state index contributed by atoms with van der Waals surface area (Å²) in [7, 11) is 0. The number of aromatic nitrogens is 1. The quantitative estimate of drug-likeness (QED) is 0.922. The van der Waals surface area contributed by atoms with Gasteiger partial charge in [-0.3, -0.25) is 0 Å². The predicted octanol–water partition coefficient (Wildman–Crippen LogP) is 3.85. The van der Waals surface area contributed by atoms with Crippen LogP contribution in [0.15, 0.2) is 30.3 Å². The van der Waals surface area contributed by atoms with Gasteiger partial charge in [0.25, 0.3) is 0 Å². The summed E-state index contributed by atoms with van der Waals surface area (Å²) in [6, 6.07) is 9.31. The summed E-state index contributed by atoms with van der Waals surface area (Å²) >= 11 is 0. The molecule has 1 aliphatic rings. The molecule has 0 unspecified atom stereocenters. The second-order valence-corrected chi connectivity index (χ2v) is 4.74. The Morgan fingerprint density at radius 1 is 1.20 bits per heavy atom. The Hall–Kier alpha value is -2.48. The molecule has 0 saturated heterocycles. The molecule has 0 atom stereocenters. The Kier molecular flexibility index (Phi) is 3.07. The molecule has 1 N–H and O–H groups in total. The smallest absolute Gasteiger partial charge is 0.182 e. The van der Waals surface area contributed by atoms with E-state index in [9.17, 15) is 8.78 Å². The van der Waals surface area contributed by atoms with Gasteiger partial charge in [-0.2, -0.15) is 5.26 Å². The zero-order chi connectivity index (χ0) is 14.1. The third-order valence-corrected chi connectivity index (χ3v) is 3.24. The van der Waals surface area contributed by atoms with Crippen molar-refractivity contribution in [1.82, 2.24) is 4.98 Å². The second-order valence-electron chi connectivity index (χ2n) is 4.74. The van der Waals surface area contributed by atoms with E-state index in [0.29, 0.717) is 11.5 Å². The number of hydrogen-bond donors (Lipinski definition) is 1. The molecule has 1 saturated carbocycles. The minimum absolute atomic E-state index is 0.0260. The minimum Gasteiger partial charge on any atom is -0.337 e. The van der Waals surface area contributed by atoms with Gasteiger partial charge in [0.15, 0.2) is 11.6 Å². The van der Waals surface area contributed by atoms with Crippen molar-refractivity contribution in [2.24, 2.45) is 0 Å². The SMILES string of the molecule is N#Cc1ccc(C2CC2)nc1Nc1cccc(F)c1F. The summed E-state index contributed by atoms with van der Waals surface area (Å²) < 4.78 is 26.8. The van der Waals surface area contributed by atoms with Crippen LogP contribution < -0.4 is 5.32 Å². The third kappa shape index (κ3) is 2.32. The molecule has 3 nitrogen and oxygen atoms in total. The number of halogens is 2. The molecule has 1 heterocycles. The van der Waals surface area contributed by atoms with Crippen LogP contribution in [0.5, 0.6) is 0 Å². The molecule has 2 aromatic rings. The van der Waals surface area contributed by atoms with Crippen LogP contribution in [-0.4, -0.2) is 4.98 Å². The highest BCUT2D eigenvalue weighted by atomic mass is 19.2. The van der Waals surface area contributed by atoms with E-state index < -0.39 is 11.6 Å². The molecule has 0 aliphatic heterocycles. The summed E-state index contributed by atoms with van der Waals surface area (Å²) in [5.41, 5.74) is 1.16. The molecule has 100 valence electrons. The Bertz CT molecular complexity index is 703. The molecule has 1 aromatic heterocycles. The van der Waals surface area contributed by atoms with Gasteiger partial charge in [0.2, 0.25) is 0 Å². The number of pyridine rings is 1. The van der Waals surface area contributed by atoms with Crippen molar-refractivity contribution in [2.45, 2.75) is 18.8 Å². The predicted molar refractivity (Wildman–Crippen MR) is 70.6 cm³/mol. The molecule has 1 fully saturated rings. The standard InChI is InChI=1S/C15H11F2N3/c16-11-2-1-3-13(14(11)17)20-15-10(8-18)6-7-12(19-15)9-4-5-9/h1-3,6-7,9H,4-5H2,(H,19,20). The van der Waals surface area contributed by atoms with Crippen LogP contribution in [0.4, 0.5) is 20.3 Å². The van der Waals surface area contributed by atoms with E-state index in [4.69, 9.17) is 5.26 Å². The molecule has 1 aliphatic carbocycles. The minimum atomic E-state index is -0.977. The van der Waals surface area contributed by atoms with Crippen molar-refractivity contribution in [1.29, 1.82) is 5.26 Å². The van der Waals surface area contributed by atoms with Crippen molar-refractivity contribution in [2.75, 3.05) is 5.32 Å². The van der Waals surface area contributed by atoms with Crippen LogP contribution in [0.2, 0.25) is 0 Å². The van der Waals surface area contributed by atoms with E-state index in [2.05, 4.69) is 10.3 Å². The van der Waals surface area contributed by atoms with Gasteiger partial charge < -0.3 is 5.32 Å². The summed E-state index contributed by atoms with van der Waals surface area (Å²) in [5, 5.41) is 11.8. The molecule has 0 spiro atoms. The van der Waals surface area contributed by atoms with E-state index in [0.717, 1.165) is 24.6 Å². The van der Waals surface area contributed by atoms with Crippen molar-refractivity contribution >= 4 is 11.5 Å². The number of rotatable bonds is 3. The van der Waals surface area contributed by atoms with E-state index in [1.807, 2.05) is 12.1 Å². The molecule has 0 bridgehead atoms. The zero-order valence-electron chi connectivity index (χ0n) is 10.5. The normalized spacial score (nSPS) is 13.8. The highest BCUT2D eigenvalue weighted by Crippen LogP contribution is 2.39. The van der Waals surface area contributed by atoms with Crippen molar-refractivity contribution in [3.05, 3.63) is 53.2 Å². The van der Waals surface area contributed by atoms with Gasteiger partial charge in [0, 0.05) is 11.6 Å². The summed E-state index contributed by atoms with van der Waals surface area (Å²) in [4.78, 5) is 4.35. The lowest BCUT2D eigenvalue weighted by Crippen LogP contribution is -2.02. The summed E-state index contributed by atoms with van der Waals surface area (Å²) in [6.07, 6.45) is 2.15. The first-order valence-corrected chi connectivity index (χ1v) is 6.31. The number of nitrogens with zero attached hydrogens (tertiary/aromatic N) is 2. The first-order valence-electron chi connectivity index (χ1n) is 6.31. The highest BCUT2D eigenvalue weighted by molar-refractivity contribution is 5.63. The zero-order valence-corrected chi connectivity index (χ0v) is 10.5. The number of anilines is 2. The lowest BCUT2D eigenvalue weighted by molar-refractivity contribution is 0.511. The van der Waals surface area contributed by atoms with Gasteiger partial charge in [-0.25, -0.2) is 13.8 Å². The fourth-order valence-corrected chi connectivity index (χ4v) is 1.99. The van der Waals surface area contributed by atoms with E-state index >= 15 is 0 Å². The van der Waals surface area contributed by atoms with Gasteiger partial charge in [-0.1, -0.05) is 6.07 Å². The third-order valence-electron chi connectivity index (χ3n) is 3.24. The fourth-order valence-electron chi connectivity index (χ4n) is 1.99. The van der Waals surface area contributed by atoms with Crippen molar-refractivity contribution in [3.8, 4) is 6.07 Å². The van der Waals surface area contributed by atoms with Crippen LogP contribution in [0.1, 0.15) is 30.0 Å². The molecule has 3 rings (SSSR count). The number of benzene rings is 1. The van der Waals surface area contributed by atoms with E-state index in [1.165, 1.54) is 12.1 Å². The van der Waals surface area contributed by atoms with Crippen molar-refractivity contribution in [3.63, 3.8) is 0 Å². The van der Waals surface area contributed by atoms with E-state index in [-0.39, 0.29) is 11.5 Å². The topological polar surface area (TPSA) is 48.7 Å². The van der Waals surface area contributed by atoms with Crippen LogP contribution >= 0.6 is 0 Å². The average Bonchev–Trinajstić information content (AvgIpc) is 3.28. The van der Waals surface area contributed by atoms with Crippen LogP contribution in [0, 0.1) is 23.0 Å². The van der Waals surface area contributed by atoms with Gasteiger partial charge >= 0.3 is 0 Å². The summed E-state index contributed by atoms with van der Waals surface area (Å²) in [6.45, 7) is 0. The first kappa shape index (κ1) is 12.5. The number of hydrogen-bond acceptors (Lipinski definition) is 3. The number of nitriles is 1. The van der Waals surface area contributed by atoms with Gasteiger partial charge in [-0.15, -0.1) is 0 Å². The molecule has 20 heavy (non-hydrogen) atoms. The van der Waals surface area contributed by atoms with Crippen LogP contribution in [0.25, 0.3) is 0 Å². The van der Waals surface area contributed by atoms with Crippen molar-refractivity contribution < 1.29 is 8.78 Å². The Morgan fingerprint density at radius 3 is 2.70 bits per heavy atom. The maximum absolute atomic E-state index is 13.6. The molecular weight excluding hydrogens is 260 g/mol. The van der Waals surface area contributed by atoms with E-state index in [1.54, 1.807) is 6.07 Å². The first-order chi connectivity index (χ1) is 9.69. The number of nitrogens with one attached hydrogen (secondary N) is 1. The molecule has 5 heteroatoms. The largest absolute Gasteiger partial charge is 0.337 e. The second kappa shape index (κ2) is 4.89. The maximum Gasteiger partial charge on any atom is 0.182 e. The Labute approximate surface area is 114 Å². The fraction of sp³-hybridized carbons (Fsp3) is 0.200. The van der Waals surface area contributed by atoms with Gasteiger partial charge in [-0.05, 0) is 37.1 Å². The molecule has 0 radical (unpaired) electrons. The van der Waals surface area contributed by atoms with Crippen LogP contribution in [0.3, 0.4) is 0 Å². The summed E-state index contributed by atoms with van der Waals surface area (Å²) in [5.74, 6) is -1.23. The molecule has 0 amide bonds. The molecule has 1 aromatic carbocycles. The lowest BCUT2D eigenvalue weighted by Gasteiger charge is -2.10. The maximum atomic E-state index is 13.6. The Balaban J connectivity index is 1.98. The van der Waals surface area contributed by atoms with Gasteiger partial charge in [0.05, 0.1) is 11.3 Å². The van der Waals surface area contributed by atoms with Gasteiger partial charge in [0.1, 0.15) is 11.9 Å². The monoisotopic (exact) mass is 271 g/mol. The average molecular weight is 271 g/mol. The Morgan fingerprint density at radius 2 is 2.00 bits per heavy atom.